The zero-order valence-electron chi connectivity index (χ0n) is 21.4. The first-order chi connectivity index (χ1) is 19.0. The molecule has 1 fully saturated rings. The molecular formula is C26H25Cl2N5O6S. The van der Waals surface area contributed by atoms with E-state index in [1.165, 1.54) is 0 Å². The normalized spacial score (nSPS) is 14.7. The largest absolute Gasteiger partial charge is 0.314 e. The minimum atomic E-state index is -3.10. The number of aromatic nitrogens is 2. The third-order valence-corrected chi connectivity index (χ3v) is 8.26. The van der Waals surface area contributed by atoms with Crippen molar-refractivity contribution in [3.63, 3.8) is 0 Å². The van der Waals surface area contributed by atoms with Gasteiger partial charge in [-0.1, -0.05) is 47.2 Å². The van der Waals surface area contributed by atoms with Crippen LogP contribution in [-0.2, 0) is 14.7 Å². The summed E-state index contributed by atoms with van der Waals surface area (Å²) in [5.41, 5.74) is 6.17. The Balaban J connectivity index is 1.62. The summed E-state index contributed by atoms with van der Waals surface area (Å²) in [6, 6.07) is 12.3. The fourth-order valence-corrected chi connectivity index (χ4v) is 5.76. The van der Waals surface area contributed by atoms with E-state index in [4.69, 9.17) is 23.2 Å². The topological polar surface area (TPSA) is 137 Å². The van der Waals surface area contributed by atoms with Crippen molar-refractivity contribution in [1.29, 1.82) is 0 Å². The van der Waals surface area contributed by atoms with E-state index in [-0.39, 0.29) is 36.9 Å². The number of amides is 1. The van der Waals surface area contributed by atoms with Gasteiger partial charge in [-0.15, -0.1) is 10.1 Å². The molecule has 1 aliphatic heterocycles. The lowest BCUT2D eigenvalue weighted by atomic mass is 10.0. The van der Waals surface area contributed by atoms with Crippen LogP contribution in [0.4, 0.5) is 0 Å². The molecule has 0 spiro atoms. The van der Waals surface area contributed by atoms with Crippen LogP contribution in [0.3, 0.4) is 0 Å². The first kappa shape index (κ1) is 29.4. The Hall–Kier alpha value is -3.63. The standard InChI is InChI=1S/C26H25Cl2N5O6S/c1-18-24(26(34)30-31-12-15-40(37,38)16-13-31)29-32(23-11-10-21(27)17-22(23)28)25(18)20-8-6-19(7-9-20)5-3-2-4-14-39-33(35)36/h6-11,17H,2,4,12-16H2,1H3,(H,30,34). The Kier molecular flexibility index (Phi) is 9.32. The van der Waals surface area contributed by atoms with Crippen molar-refractivity contribution >= 4 is 38.9 Å². The number of hydrazine groups is 1. The predicted octanol–water partition coefficient (Wildman–Crippen LogP) is 3.87. The molecule has 1 N–H and O–H groups in total. The summed E-state index contributed by atoms with van der Waals surface area (Å²) >= 11 is 12.6. The Labute approximate surface area is 241 Å². The van der Waals surface area contributed by atoms with Crippen LogP contribution in [0.15, 0.2) is 42.5 Å². The smallest absolute Gasteiger partial charge is 0.294 e. The number of hydrogen-bond donors (Lipinski definition) is 1. The number of nitrogens with zero attached hydrogens (tertiary/aromatic N) is 4. The molecule has 14 heteroatoms. The van der Waals surface area contributed by atoms with E-state index in [1.807, 2.05) is 24.3 Å². The highest BCUT2D eigenvalue weighted by Gasteiger charge is 2.27. The SMILES string of the molecule is Cc1c(C(=O)NN2CCS(=O)(=O)CC2)nn(-c2ccc(Cl)cc2Cl)c1-c1ccc(C#CCCCO[N+](=O)[O-])cc1. The van der Waals surface area contributed by atoms with Gasteiger partial charge >= 0.3 is 0 Å². The molecule has 1 aliphatic rings. The van der Waals surface area contributed by atoms with E-state index in [1.54, 1.807) is 34.8 Å². The summed E-state index contributed by atoms with van der Waals surface area (Å²) in [5, 5.41) is 16.3. The van der Waals surface area contributed by atoms with E-state index < -0.39 is 20.8 Å². The molecule has 0 saturated carbocycles. The molecule has 3 aromatic rings. The number of carbonyl (C=O) groups is 1. The maximum Gasteiger partial charge on any atom is 0.294 e. The van der Waals surface area contributed by atoms with Crippen molar-refractivity contribution in [2.24, 2.45) is 0 Å². The highest BCUT2D eigenvalue weighted by molar-refractivity contribution is 7.91. The number of carbonyl (C=O) groups excluding carboxylic acids is 1. The first-order valence-corrected chi connectivity index (χ1v) is 14.8. The molecule has 0 atom stereocenters. The molecule has 11 nitrogen and oxygen atoms in total. The lowest BCUT2D eigenvalue weighted by Gasteiger charge is -2.26. The zero-order valence-corrected chi connectivity index (χ0v) is 23.7. The summed E-state index contributed by atoms with van der Waals surface area (Å²) in [6.07, 6.45) is 0.877. The number of halogens is 2. The van der Waals surface area contributed by atoms with Gasteiger partial charge in [-0.3, -0.25) is 10.2 Å². The van der Waals surface area contributed by atoms with E-state index in [0.29, 0.717) is 39.8 Å². The van der Waals surface area contributed by atoms with Crippen LogP contribution < -0.4 is 5.43 Å². The van der Waals surface area contributed by atoms with Gasteiger partial charge in [-0.25, -0.2) is 18.1 Å². The van der Waals surface area contributed by atoms with E-state index in [9.17, 15) is 23.3 Å². The average molecular weight is 606 g/mol. The molecule has 0 aliphatic carbocycles. The second kappa shape index (κ2) is 12.7. The van der Waals surface area contributed by atoms with Crippen LogP contribution in [0.1, 0.15) is 34.5 Å². The molecule has 4 rings (SSSR count). The number of rotatable bonds is 8. The van der Waals surface area contributed by atoms with Crippen LogP contribution in [0.5, 0.6) is 0 Å². The summed E-state index contributed by atoms with van der Waals surface area (Å²) in [6.45, 7) is 2.15. The number of unbranched alkanes of at least 4 members (excludes halogenated alkanes) is 1. The van der Waals surface area contributed by atoms with Crippen LogP contribution in [0, 0.1) is 28.9 Å². The van der Waals surface area contributed by atoms with Gasteiger partial charge in [-0.2, -0.15) is 5.10 Å². The van der Waals surface area contributed by atoms with Crippen LogP contribution in [0.2, 0.25) is 10.0 Å². The minimum absolute atomic E-state index is 0.0100. The molecule has 0 bridgehead atoms. The Morgan fingerprint density at radius 3 is 2.52 bits per heavy atom. The molecule has 2 heterocycles. The van der Waals surface area contributed by atoms with Gasteiger partial charge in [0.05, 0.1) is 34.5 Å². The number of sulfone groups is 1. The van der Waals surface area contributed by atoms with Crippen molar-refractivity contribution in [2.75, 3.05) is 31.2 Å². The number of nitrogens with one attached hydrogen (secondary N) is 1. The summed E-state index contributed by atoms with van der Waals surface area (Å²) in [7, 11) is -3.10. The van der Waals surface area contributed by atoms with Crippen LogP contribution in [0.25, 0.3) is 16.9 Å². The molecule has 1 aromatic heterocycles. The monoisotopic (exact) mass is 605 g/mol. The maximum atomic E-state index is 13.3. The van der Waals surface area contributed by atoms with E-state index in [0.717, 1.165) is 11.1 Å². The second-order valence-corrected chi connectivity index (χ2v) is 12.1. The quantitative estimate of drug-likeness (QED) is 0.177. The Morgan fingerprint density at radius 1 is 1.18 bits per heavy atom. The van der Waals surface area contributed by atoms with Crippen molar-refractivity contribution < 1.29 is 23.1 Å². The van der Waals surface area contributed by atoms with Gasteiger partial charge in [0.25, 0.3) is 11.0 Å². The third kappa shape index (κ3) is 7.31. The van der Waals surface area contributed by atoms with Crippen molar-refractivity contribution in [3.05, 3.63) is 79.4 Å². The highest BCUT2D eigenvalue weighted by atomic mass is 35.5. The first-order valence-electron chi connectivity index (χ1n) is 12.2. The minimum Gasteiger partial charge on any atom is -0.314 e. The lowest BCUT2D eigenvalue weighted by molar-refractivity contribution is -0.757. The maximum absolute atomic E-state index is 13.3. The fourth-order valence-electron chi connectivity index (χ4n) is 4.07. The van der Waals surface area contributed by atoms with Gasteiger partial charge < -0.3 is 4.84 Å². The Morgan fingerprint density at radius 2 is 1.88 bits per heavy atom. The molecule has 210 valence electrons. The average Bonchev–Trinajstić information content (AvgIpc) is 3.24. The number of benzene rings is 2. The predicted molar refractivity (Wildman–Crippen MR) is 151 cm³/mol. The second-order valence-electron chi connectivity index (χ2n) is 8.95. The van der Waals surface area contributed by atoms with Gasteiger partial charge in [0, 0.05) is 41.2 Å². The number of hydrogen-bond acceptors (Lipinski definition) is 8. The highest BCUT2D eigenvalue weighted by Crippen LogP contribution is 2.33. The zero-order chi connectivity index (χ0) is 28.9. The summed E-state index contributed by atoms with van der Waals surface area (Å²) in [4.78, 5) is 27.7. The van der Waals surface area contributed by atoms with Crippen molar-refractivity contribution in [3.8, 4) is 28.8 Å². The van der Waals surface area contributed by atoms with Crippen molar-refractivity contribution in [2.45, 2.75) is 19.8 Å². The van der Waals surface area contributed by atoms with Gasteiger partial charge in [-0.05, 0) is 43.7 Å². The molecule has 40 heavy (non-hydrogen) atoms. The van der Waals surface area contributed by atoms with Gasteiger partial charge in [0.2, 0.25) is 0 Å². The van der Waals surface area contributed by atoms with Crippen LogP contribution in [-0.4, -0.2) is 65.4 Å². The van der Waals surface area contributed by atoms with Crippen LogP contribution >= 0.6 is 23.2 Å². The molecule has 1 amide bonds. The third-order valence-electron chi connectivity index (χ3n) is 6.11. The van der Waals surface area contributed by atoms with Gasteiger partial charge in [0.15, 0.2) is 15.5 Å². The van der Waals surface area contributed by atoms with Gasteiger partial charge in [0.1, 0.15) is 0 Å². The summed E-state index contributed by atoms with van der Waals surface area (Å²) in [5.74, 6) is 5.45. The van der Waals surface area contributed by atoms with Crippen molar-refractivity contribution in [1.82, 2.24) is 20.2 Å². The molecule has 0 radical (unpaired) electrons. The van der Waals surface area contributed by atoms with E-state index >= 15 is 0 Å². The van der Waals surface area contributed by atoms with E-state index in [2.05, 4.69) is 27.2 Å². The fraction of sp³-hybridized carbons (Fsp3) is 0.308. The molecular weight excluding hydrogens is 581 g/mol. The molecule has 1 saturated heterocycles. The molecule has 0 unspecified atom stereocenters. The summed E-state index contributed by atoms with van der Waals surface area (Å²) < 4.78 is 25.1. The lowest BCUT2D eigenvalue weighted by Crippen LogP contribution is -2.50. The Bertz CT molecular complexity index is 1580. The molecule has 2 aromatic carbocycles.